The molecule has 3 aromatic rings. The largest absolute Gasteiger partial charge is 0.300 e. The zero-order chi connectivity index (χ0) is 24.6. The van der Waals surface area contributed by atoms with Gasteiger partial charge in [0.15, 0.2) is 11.6 Å². The van der Waals surface area contributed by atoms with Crippen molar-refractivity contribution in [1.29, 1.82) is 0 Å². The molecule has 2 unspecified atom stereocenters. The van der Waals surface area contributed by atoms with E-state index in [0.29, 0.717) is 24.0 Å². The van der Waals surface area contributed by atoms with Gasteiger partial charge in [-0.05, 0) is 79.1 Å². The van der Waals surface area contributed by atoms with Crippen molar-refractivity contribution in [1.82, 2.24) is 4.98 Å². The van der Waals surface area contributed by atoms with Crippen LogP contribution >= 0.6 is 22.9 Å². The zero-order valence-electron chi connectivity index (χ0n) is 19.3. The van der Waals surface area contributed by atoms with Crippen molar-refractivity contribution in [3.63, 3.8) is 0 Å². The van der Waals surface area contributed by atoms with Gasteiger partial charge in [0.05, 0.1) is 5.02 Å². The Labute approximate surface area is 207 Å². The number of ketones is 3. The van der Waals surface area contributed by atoms with E-state index in [-0.39, 0.29) is 40.9 Å². The number of thiophene rings is 1. The zero-order valence-corrected chi connectivity index (χ0v) is 20.9. The lowest BCUT2D eigenvalue weighted by Crippen LogP contribution is -2.19. The molecule has 0 bridgehead atoms. The van der Waals surface area contributed by atoms with Crippen LogP contribution in [0.2, 0.25) is 5.02 Å². The number of rotatable bonds is 7. The molecule has 0 saturated heterocycles. The van der Waals surface area contributed by atoms with E-state index in [0.717, 1.165) is 11.1 Å². The molecule has 0 aliphatic heterocycles. The van der Waals surface area contributed by atoms with Gasteiger partial charge in [-0.1, -0.05) is 11.6 Å². The maximum absolute atomic E-state index is 14.4. The first-order valence-corrected chi connectivity index (χ1v) is 12.4. The normalized spacial score (nSPS) is 18.0. The van der Waals surface area contributed by atoms with E-state index in [1.54, 1.807) is 23.5 Å². The summed E-state index contributed by atoms with van der Waals surface area (Å²) < 4.78 is 14.4. The van der Waals surface area contributed by atoms with E-state index in [1.807, 2.05) is 32.2 Å². The number of hydrogen-bond donors (Lipinski definition) is 0. The summed E-state index contributed by atoms with van der Waals surface area (Å²) in [5.74, 6) is -2.35. The average molecular weight is 498 g/mol. The van der Waals surface area contributed by atoms with E-state index in [2.05, 4.69) is 4.98 Å². The quantitative estimate of drug-likeness (QED) is 0.356. The predicted molar refractivity (Wildman–Crippen MR) is 132 cm³/mol. The van der Waals surface area contributed by atoms with E-state index >= 15 is 0 Å². The lowest BCUT2D eigenvalue weighted by Gasteiger charge is -2.17. The summed E-state index contributed by atoms with van der Waals surface area (Å²) in [6.45, 7) is 5.64. The summed E-state index contributed by atoms with van der Waals surface area (Å²) in [6, 6.07) is 6.71. The van der Waals surface area contributed by atoms with Gasteiger partial charge in [0.2, 0.25) is 0 Å². The van der Waals surface area contributed by atoms with Crippen LogP contribution in [0.1, 0.15) is 52.3 Å². The van der Waals surface area contributed by atoms with Crippen LogP contribution < -0.4 is 0 Å². The van der Waals surface area contributed by atoms with Crippen molar-refractivity contribution in [3.8, 4) is 11.3 Å². The van der Waals surface area contributed by atoms with E-state index in [1.165, 1.54) is 22.7 Å². The van der Waals surface area contributed by atoms with Crippen LogP contribution in [-0.2, 0) is 20.8 Å². The van der Waals surface area contributed by atoms with E-state index in [4.69, 9.17) is 11.6 Å². The monoisotopic (exact) mass is 497 g/mol. The molecule has 0 N–H and O–H groups in total. The van der Waals surface area contributed by atoms with Crippen molar-refractivity contribution < 1.29 is 18.8 Å². The summed E-state index contributed by atoms with van der Waals surface area (Å²) in [4.78, 5) is 44.0. The highest BCUT2D eigenvalue weighted by molar-refractivity contribution is 7.10. The fourth-order valence-electron chi connectivity index (χ4n) is 4.82. The third-order valence-electron chi connectivity index (χ3n) is 6.49. The first-order valence-electron chi connectivity index (χ1n) is 11.2. The van der Waals surface area contributed by atoms with Gasteiger partial charge in [-0.2, -0.15) is 0 Å². The van der Waals surface area contributed by atoms with Gasteiger partial charge in [0.25, 0.3) is 0 Å². The molecule has 0 spiro atoms. The number of pyridine rings is 1. The summed E-state index contributed by atoms with van der Waals surface area (Å²) in [7, 11) is 0. The first kappa shape index (κ1) is 24.4. The third kappa shape index (κ3) is 4.89. The number of hydrogen-bond acceptors (Lipinski definition) is 5. The van der Waals surface area contributed by atoms with Crippen LogP contribution in [0.25, 0.3) is 11.3 Å². The van der Waals surface area contributed by atoms with Gasteiger partial charge < -0.3 is 0 Å². The number of halogens is 2. The molecule has 2 aromatic heterocycles. The molecule has 176 valence electrons. The van der Waals surface area contributed by atoms with E-state index in [9.17, 15) is 18.8 Å². The minimum absolute atomic E-state index is 0.00711. The molecule has 4 rings (SSSR count). The fourth-order valence-corrected chi connectivity index (χ4v) is 5.87. The number of Topliss-reactive ketones (excluding diaryl/α,β-unsaturated/α-hetero) is 3. The lowest BCUT2D eigenvalue weighted by molar-refractivity contribution is -0.127. The Morgan fingerprint density at radius 1 is 1.15 bits per heavy atom. The second-order valence-corrected chi connectivity index (χ2v) is 10.4. The predicted octanol–water partition coefficient (Wildman–Crippen LogP) is 6.36. The Balaban J connectivity index is 1.51. The number of carbonyl (C=O) groups excluding carboxylic acids is 3. The molecule has 4 nitrogen and oxygen atoms in total. The molecule has 7 heteroatoms. The van der Waals surface area contributed by atoms with Crippen molar-refractivity contribution in [2.75, 3.05) is 0 Å². The molecule has 2 heterocycles. The van der Waals surface area contributed by atoms with Crippen LogP contribution in [0.15, 0.2) is 35.8 Å². The summed E-state index contributed by atoms with van der Waals surface area (Å²) in [5.41, 5.74) is 3.98. The minimum Gasteiger partial charge on any atom is -0.300 e. The summed E-state index contributed by atoms with van der Waals surface area (Å²) >= 11 is 7.44. The van der Waals surface area contributed by atoms with Crippen LogP contribution in [0.4, 0.5) is 4.39 Å². The highest BCUT2D eigenvalue weighted by Gasteiger charge is 2.43. The Morgan fingerprint density at radius 3 is 2.47 bits per heavy atom. The Kier molecular flexibility index (Phi) is 7.10. The molecule has 0 radical (unpaired) electrons. The van der Waals surface area contributed by atoms with Crippen LogP contribution in [0, 0.1) is 32.5 Å². The summed E-state index contributed by atoms with van der Waals surface area (Å²) in [6.07, 6.45) is 2.60. The average Bonchev–Trinajstić information content (AvgIpc) is 3.29. The molecule has 0 amide bonds. The third-order valence-corrected chi connectivity index (χ3v) is 7.78. The van der Waals surface area contributed by atoms with E-state index < -0.39 is 17.7 Å². The number of aromatic nitrogens is 1. The number of nitrogens with zero attached hydrogens (tertiary/aromatic N) is 1. The van der Waals surface area contributed by atoms with Gasteiger partial charge >= 0.3 is 0 Å². The van der Waals surface area contributed by atoms with Gasteiger partial charge in [0.1, 0.15) is 23.2 Å². The smallest absolute Gasteiger partial charge is 0.151 e. The molecule has 2 atom stereocenters. The van der Waals surface area contributed by atoms with Gasteiger partial charge in [-0.15, -0.1) is 11.3 Å². The number of aryl methyl sites for hydroxylation is 4. The number of carbonyl (C=O) groups is 3. The minimum atomic E-state index is -0.880. The Bertz CT molecular complexity index is 1280. The van der Waals surface area contributed by atoms with Crippen LogP contribution in [0.5, 0.6) is 0 Å². The SMILES string of the molecule is Cc1ccsc1CCC(=O)CC1CC(=O)C(c2c(C)cc(-c3ncc(Cl)cc3F)cc2C)C1=O. The maximum atomic E-state index is 14.4. The Morgan fingerprint density at radius 2 is 1.85 bits per heavy atom. The molecule has 1 aliphatic carbocycles. The molecule has 1 aliphatic rings. The molecular weight excluding hydrogens is 473 g/mol. The molecule has 1 saturated carbocycles. The van der Waals surface area contributed by atoms with Crippen molar-refractivity contribution in [2.24, 2.45) is 5.92 Å². The second kappa shape index (κ2) is 9.88. The fraction of sp³-hybridized carbons (Fsp3) is 0.333. The van der Waals surface area contributed by atoms with Crippen LogP contribution in [-0.4, -0.2) is 22.3 Å². The molecule has 1 fully saturated rings. The number of benzene rings is 1. The van der Waals surface area contributed by atoms with Gasteiger partial charge in [-0.3, -0.25) is 19.4 Å². The highest BCUT2D eigenvalue weighted by Crippen LogP contribution is 2.39. The lowest BCUT2D eigenvalue weighted by atomic mass is 9.85. The Hall–Kier alpha value is -2.70. The molecular formula is C27H25ClFNO3S. The topological polar surface area (TPSA) is 64.1 Å². The van der Waals surface area contributed by atoms with Gasteiger partial charge in [-0.25, -0.2) is 4.39 Å². The van der Waals surface area contributed by atoms with Gasteiger partial charge in [0, 0.05) is 41.8 Å². The molecule has 34 heavy (non-hydrogen) atoms. The maximum Gasteiger partial charge on any atom is 0.151 e. The standard InChI is InChI=1S/C27H25ClFNO3S/c1-14-6-7-34-23(14)5-4-20(31)10-18-11-22(32)25(27(18)33)24-15(2)8-17(9-16(24)3)26-21(29)12-19(28)13-30-26/h6-9,12-13,18,25H,4-5,10-11H2,1-3H3. The second-order valence-electron chi connectivity index (χ2n) is 8.98. The van der Waals surface area contributed by atoms with Crippen molar-refractivity contribution in [2.45, 2.75) is 52.4 Å². The molecule has 1 aromatic carbocycles. The summed E-state index contributed by atoms with van der Waals surface area (Å²) in [5, 5.41) is 2.21. The highest BCUT2D eigenvalue weighted by atomic mass is 35.5. The van der Waals surface area contributed by atoms with Crippen molar-refractivity contribution in [3.05, 3.63) is 73.8 Å². The van der Waals surface area contributed by atoms with Crippen molar-refractivity contribution >= 4 is 40.3 Å². The van der Waals surface area contributed by atoms with Crippen LogP contribution in [0.3, 0.4) is 0 Å². The first-order chi connectivity index (χ1) is 16.2.